The summed E-state index contributed by atoms with van der Waals surface area (Å²) < 4.78 is 21.3. The number of hydrogen-bond acceptors (Lipinski definition) is 3. The van der Waals surface area contributed by atoms with E-state index in [0.29, 0.717) is 17.7 Å². The Morgan fingerprint density at radius 3 is 2.86 bits per heavy atom. The zero-order valence-electron chi connectivity index (χ0n) is 12.4. The highest BCUT2D eigenvalue weighted by Gasteiger charge is 2.22. The van der Waals surface area contributed by atoms with E-state index in [1.165, 1.54) is 0 Å². The quantitative estimate of drug-likeness (QED) is 0.890. The Bertz CT molecular complexity index is 593. The van der Waals surface area contributed by atoms with Crippen molar-refractivity contribution in [3.63, 3.8) is 0 Å². The number of hydrogen-bond donors (Lipinski definition) is 1. The molecule has 0 saturated heterocycles. The third-order valence-corrected chi connectivity index (χ3v) is 3.79. The van der Waals surface area contributed by atoms with Crippen LogP contribution in [0.4, 0.5) is 4.39 Å². The second-order valence-electron chi connectivity index (χ2n) is 4.67. The summed E-state index contributed by atoms with van der Waals surface area (Å²) in [7, 11) is 3.44. The van der Waals surface area contributed by atoms with Crippen molar-refractivity contribution in [2.24, 2.45) is 0 Å². The van der Waals surface area contributed by atoms with Crippen LogP contribution in [0.3, 0.4) is 0 Å². The molecular weight excluding hydrogens is 293 g/mol. The molecule has 6 heteroatoms. The fourth-order valence-corrected chi connectivity index (χ4v) is 2.59. The predicted molar refractivity (Wildman–Crippen MR) is 81.4 cm³/mol. The van der Waals surface area contributed by atoms with Crippen molar-refractivity contribution in [2.45, 2.75) is 25.9 Å². The van der Waals surface area contributed by atoms with Crippen LogP contribution in [0.25, 0.3) is 0 Å². The maximum atomic E-state index is 14.1. The van der Waals surface area contributed by atoms with E-state index in [1.807, 2.05) is 18.7 Å². The molecule has 0 amide bonds. The first-order chi connectivity index (χ1) is 10.1. The molecule has 0 radical (unpaired) electrons. The third kappa shape index (κ3) is 3.19. The van der Waals surface area contributed by atoms with Gasteiger partial charge in [0, 0.05) is 6.54 Å². The summed E-state index contributed by atoms with van der Waals surface area (Å²) >= 11 is 5.84. The molecule has 0 aliphatic carbocycles. The average molecular weight is 312 g/mol. The normalized spacial score (nSPS) is 12.4. The molecule has 114 valence electrons. The molecule has 1 N–H and O–H groups in total. The van der Waals surface area contributed by atoms with Crippen molar-refractivity contribution in [3.8, 4) is 5.75 Å². The summed E-state index contributed by atoms with van der Waals surface area (Å²) in [6, 6.07) is 4.92. The SMILES string of the molecule is CCn1ncc(OC)c1C(Cc1cccc(Cl)c1F)NC. The third-order valence-electron chi connectivity index (χ3n) is 3.50. The second-order valence-corrected chi connectivity index (χ2v) is 5.08. The fourth-order valence-electron chi connectivity index (χ4n) is 2.40. The molecule has 0 spiro atoms. The van der Waals surface area contributed by atoms with E-state index >= 15 is 0 Å². The lowest BCUT2D eigenvalue weighted by atomic mass is 10.0. The van der Waals surface area contributed by atoms with E-state index in [9.17, 15) is 4.39 Å². The fraction of sp³-hybridized carbons (Fsp3) is 0.400. The Hall–Kier alpha value is -1.59. The van der Waals surface area contributed by atoms with Crippen molar-refractivity contribution < 1.29 is 9.13 Å². The van der Waals surface area contributed by atoms with E-state index in [1.54, 1.807) is 31.5 Å². The summed E-state index contributed by atoms with van der Waals surface area (Å²) in [6.45, 7) is 2.72. The minimum Gasteiger partial charge on any atom is -0.493 e. The number of aryl methyl sites for hydroxylation is 1. The van der Waals surface area contributed by atoms with Gasteiger partial charge in [-0.25, -0.2) is 4.39 Å². The molecule has 1 atom stereocenters. The highest BCUT2D eigenvalue weighted by atomic mass is 35.5. The Labute approximate surface area is 128 Å². The van der Waals surface area contributed by atoms with Gasteiger partial charge in [0.2, 0.25) is 0 Å². The molecule has 0 bridgehead atoms. The summed E-state index contributed by atoms with van der Waals surface area (Å²) in [5.41, 5.74) is 1.47. The molecule has 2 aromatic rings. The molecule has 0 fully saturated rings. The van der Waals surface area contributed by atoms with E-state index < -0.39 is 0 Å². The summed E-state index contributed by atoms with van der Waals surface area (Å²) in [5.74, 6) is 0.319. The number of aromatic nitrogens is 2. The van der Waals surface area contributed by atoms with Gasteiger partial charge in [0.25, 0.3) is 0 Å². The molecular formula is C15H19ClFN3O. The maximum absolute atomic E-state index is 14.1. The molecule has 1 unspecified atom stereocenters. The second kappa shape index (κ2) is 6.91. The molecule has 0 aliphatic heterocycles. The van der Waals surface area contributed by atoms with Gasteiger partial charge in [-0.15, -0.1) is 0 Å². The molecule has 1 aromatic carbocycles. The Balaban J connectivity index is 2.36. The molecule has 21 heavy (non-hydrogen) atoms. The van der Waals surface area contributed by atoms with Crippen LogP contribution in [-0.2, 0) is 13.0 Å². The van der Waals surface area contributed by atoms with E-state index in [2.05, 4.69) is 10.4 Å². The minimum atomic E-state index is -0.374. The lowest BCUT2D eigenvalue weighted by molar-refractivity contribution is 0.394. The first-order valence-electron chi connectivity index (χ1n) is 6.82. The predicted octanol–water partition coefficient (Wildman–Crippen LogP) is 3.21. The summed E-state index contributed by atoms with van der Waals surface area (Å²) in [4.78, 5) is 0. The van der Waals surface area contributed by atoms with Gasteiger partial charge < -0.3 is 10.1 Å². The molecule has 4 nitrogen and oxygen atoms in total. The number of benzene rings is 1. The highest BCUT2D eigenvalue weighted by Crippen LogP contribution is 2.29. The Morgan fingerprint density at radius 2 is 2.24 bits per heavy atom. The number of likely N-dealkylation sites (N-methyl/N-ethyl adjacent to an activating group) is 1. The summed E-state index contributed by atoms with van der Waals surface area (Å²) in [6.07, 6.45) is 2.14. The molecule has 0 saturated carbocycles. The molecule has 2 rings (SSSR count). The van der Waals surface area contributed by atoms with Crippen molar-refractivity contribution in [1.82, 2.24) is 15.1 Å². The topological polar surface area (TPSA) is 39.1 Å². The van der Waals surface area contributed by atoms with Crippen LogP contribution in [-0.4, -0.2) is 23.9 Å². The smallest absolute Gasteiger partial charge is 0.161 e. The lowest BCUT2D eigenvalue weighted by Gasteiger charge is -2.19. The van der Waals surface area contributed by atoms with Gasteiger partial charge in [-0.1, -0.05) is 23.7 Å². The Kier molecular flexibility index (Phi) is 5.20. The van der Waals surface area contributed by atoms with Gasteiger partial charge in [-0.3, -0.25) is 4.68 Å². The largest absolute Gasteiger partial charge is 0.493 e. The van der Waals surface area contributed by atoms with Gasteiger partial charge in [-0.2, -0.15) is 5.10 Å². The van der Waals surface area contributed by atoms with Crippen molar-refractivity contribution in [1.29, 1.82) is 0 Å². The number of halogens is 2. The Morgan fingerprint density at radius 1 is 1.48 bits per heavy atom. The number of rotatable bonds is 6. The molecule has 1 heterocycles. The lowest BCUT2D eigenvalue weighted by Crippen LogP contribution is -2.23. The molecule has 1 aromatic heterocycles. The number of ether oxygens (including phenoxy) is 1. The van der Waals surface area contributed by atoms with Crippen molar-refractivity contribution in [2.75, 3.05) is 14.2 Å². The number of nitrogens with zero attached hydrogens (tertiary/aromatic N) is 2. The number of nitrogens with one attached hydrogen (secondary N) is 1. The first kappa shape index (κ1) is 15.8. The van der Waals surface area contributed by atoms with Crippen LogP contribution < -0.4 is 10.1 Å². The van der Waals surface area contributed by atoms with Gasteiger partial charge in [-0.05, 0) is 32.0 Å². The minimum absolute atomic E-state index is 0.115. The highest BCUT2D eigenvalue weighted by molar-refractivity contribution is 6.30. The van der Waals surface area contributed by atoms with E-state index in [0.717, 1.165) is 12.2 Å². The van der Waals surface area contributed by atoms with E-state index in [-0.39, 0.29) is 16.9 Å². The van der Waals surface area contributed by atoms with Crippen LogP contribution in [0.1, 0.15) is 24.2 Å². The zero-order valence-corrected chi connectivity index (χ0v) is 13.1. The van der Waals surface area contributed by atoms with Crippen LogP contribution in [0.15, 0.2) is 24.4 Å². The average Bonchev–Trinajstić information content (AvgIpc) is 2.91. The molecule has 0 aliphatic rings. The van der Waals surface area contributed by atoms with Crippen molar-refractivity contribution in [3.05, 3.63) is 46.5 Å². The van der Waals surface area contributed by atoms with Gasteiger partial charge in [0.15, 0.2) is 5.75 Å². The summed E-state index contributed by atoms with van der Waals surface area (Å²) in [5, 5.41) is 7.62. The van der Waals surface area contributed by atoms with Crippen LogP contribution in [0.5, 0.6) is 5.75 Å². The maximum Gasteiger partial charge on any atom is 0.161 e. The van der Waals surface area contributed by atoms with Crippen molar-refractivity contribution >= 4 is 11.6 Å². The van der Waals surface area contributed by atoms with Crippen LogP contribution >= 0.6 is 11.6 Å². The van der Waals surface area contributed by atoms with Gasteiger partial charge in [0.1, 0.15) is 5.82 Å². The van der Waals surface area contributed by atoms with Crippen LogP contribution in [0.2, 0.25) is 5.02 Å². The van der Waals surface area contributed by atoms with Gasteiger partial charge >= 0.3 is 0 Å². The first-order valence-corrected chi connectivity index (χ1v) is 7.20. The number of methoxy groups -OCH3 is 1. The monoisotopic (exact) mass is 311 g/mol. The van der Waals surface area contributed by atoms with Crippen LogP contribution in [0, 0.1) is 5.82 Å². The van der Waals surface area contributed by atoms with Gasteiger partial charge in [0.05, 0.1) is 30.1 Å². The van der Waals surface area contributed by atoms with E-state index in [4.69, 9.17) is 16.3 Å². The standard InChI is InChI=1S/C15H19ClFN3O/c1-4-20-15(13(21-3)9-19-20)12(18-2)8-10-6-5-7-11(16)14(10)17/h5-7,9,12,18H,4,8H2,1-3H3. The zero-order chi connectivity index (χ0) is 15.4.